The van der Waals surface area contributed by atoms with Crippen molar-refractivity contribution in [1.82, 2.24) is 0 Å². The Labute approximate surface area is 127 Å². The van der Waals surface area contributed by atoms with Crippen LogP contribution in [0.5, 0.6) is 0 Å². The molecule has 0 aliphatic carbocycles. The van der Waals surface area contributed by atoms with Gasteiger partial charge in [0, 0.05) is 32.7 Å². The molecule has 0 aromatic heterocycles. The summed E-state index contributed by atoms with van der Waals surface area (Å²) in [6.07, 6.45) is 0.647. The third-order valence-electron chi connectivity index (χ3n) is 2.76. The molecule has 1 heterocycles. The average Bonchev–Trinajstić information content (AvgIpc) is 2.58. The standard InChI is InChI=1S/C13H16NO2.Y/c1-4-12-8-14(13(15)16-12)11-6-9(2)5-10(3)7-11;/h6-7,12H,4,8H2,1-3H3;/q-1;. The van der Waals surface area contributed by atoms with Gasteiger partial charge in [-0.25, -0.2) is 4.79 Å². The number of hydrogen-bond acceptors (Lipinski definition) is 2. The zero-order valence-corrected chi connectivity index (χ0v) is 13.3. The Hall–Kier alpha value is -0.406. The fourth-order valence-corrected chi connectivity index (χ4v) is 1.97. The Morgan fingerprint density at radius 1 is 1.41 bits per heavy atom. The normalized spacial score (nSPS) is 18.9. The topological polar surface area (TPSA) is 29.5 Å². The van der Waals surface area contributed by atoms with Crippen LogP contribution in [0.25, 0.3) is 0 Å². The fraction of sp³-hybridized carbons (Fsp3) is 0.462. The summed E-state index contributed by atoms with van der Waals surface area (Å²) in [7, 11) is 0. The smallest absolute Gasteiger partial charge is 0.412 e. The molecule has 89 valence electrons. The van der Waals surface area contributed by atoms with Gasteiger partial charge in [0.15, 0.2) is 0 Å². The van der Waals surface area contributed by atoms with Crippen LogP contribution in [0.2, 0.25) is 0 Å². The first-order chi connectivity index (χ1) is 7.60. The van der Waals surface area contributed by atoms with Gasteiger partial charge in [-0.15, -0.1) is 12.1 Å². The van der Waals surface area contributed by atoms with Gasteiger partial charge >= 0.3 is 6.09 Å². The van der Waals surface area contributed by atoms with Crippen LogP contribution in [-0.4, -0.2) is 18.7 Å². The maximum atomic E-state index is 11.7. The number of rotatable bonds is 2. The molecule has 1 aliphatic heterocycles. The van der Waals surface area contributed by atoms with Crippen LogP contribution in [0, 0.1) is 19.9 Å². The van der Waals surface area contributed by atoms with Crippen molar-refractivity contribution in [1.29, 1.82) is 0 Å². The predicted molar refractivity (Wildman–Crippen MR) is 62.7 cm³/mol. The molecule has 0 saturated carbocycles. The molecule has 1 aromatic rings. The van der Waals surface area contributed by atoms with E-state index < -0.39 is 0 Å². The number of amides is 1. The first kappa shape index (κ1) is 14.7. The molecule has 1 unspecified atom stereocenters. The van der Waals surface area contributed by atoms with Gasteiger partial charge in [-0.05, 0) is 6.42 Å². The molecule has 1 aromatic carbocycles. The first-order valence-electron chi connectivity index (χ1n) is 5.59. The second-order valence-electron chi connectivity index (χ2n) is 4.23. The number of anilines is 1. The number of carbonyl (C=O) groups excluding carboxylic acids is 1. The van der Waals surface area contributed by atoms with Crippen molar-refractivity contribution >= 4 is 11.8 Å². The molecule has 4 heteroatoms. The molecule has 0 bridgehead atoms. The maximum Gasteiger partial charge on any atom is 0.412 e. The van der Waals surface area contributed by atoms with Crippen molar-refractivity contribution in [3.8, 4) is 0 Å². The first-order valence-corrected chi connectivity index (χ1v) is 5.59. The molecule has 1 amide bonds. The maximum absolute atomic E-state index is 11.7. The van der Waals surface area contributed by atoms with E-state index in [0.717, 1.165) is 23.2 Å². The summed E-state index contributed by atoms with van der Waals surface area (Å²) < 4.78 is 5.23. The predicted octanol–water partition coefficient (Wildman–Crippen LogP) is 2.84. The molecule has 1 atom stereocenters. The van der Waals surface area contributed by atoms with Crippen molar-refractivity contribution in [2.24, 2.45) is 0 Å². The van der Waals surface area contributed by atoms with Gasteiger partial charge in [0.25, 0.3) is 0 Å². The number of cyclic esters (lactones) is 1. The summed E-state index contributed by atoms with van der Waals surface area (Å²) in [6.45, 7) is 6.64. The Morgan fingerprint density at radius 2 is 2.00 bits per heavy atom. The average molecular weight is 307 g/mol. The molecule has 1 fully saturated rings. The summed E-state index contributed by atoms with van der Waals surface area (Å²) in [5.74, 6) is 0. The second kappa shape index (κ2) is 5.97. The zero-order chi connectivity index (χ0) is 11.7. The number of carbonyl (C=O) groups is 1. The van der Waals surface area contributed by atoms with Gasteiger partial charge < -0.3 is 4.74 Å². The Balaban J connectivity index is 0.00000144. The minimum atomic E-state index is -0.239. The van der Waals surface area contributed by atoms with Gasteiger partial charge in [0.05, 0.1) is 6.54 Å². The quantitative estimate of drug-likeness (QED) is 0.786. The van der Waals surface area contributed by atoms with Gasteiger partial charge in [0.1, 0.15) is 6.10 Å². The number of benzene rings is 1. The van der Waals surface area contributed by atoms with Crippen molar-refractivity contribution in [3.05, 3.63) is 29.3 Å². The van der Waals surface area contributed by atoms with Crippen LogP contribution in [0.3, 0.4) is 0 Å². The molecule has 1 aliphatic rings. The van der Waals surface area contributed by atoms with Crippen LogP contribution < -0.4 is 4.90 Å². The molecular formula is C13H16NO2Y-. The largest absolute Gasteiger partial charge is 0.444 e. The molecule has 3 nitrogen and oxygen atoms in total. The van der Waals surface area contributed by atoms with Crippen LogP contribution in [0.15, 0.2) is 12.1 Å². The third-order valence-corrected chi connectivity index (χ3v) is 2.76. The van der Waals surface area contributed by atoms with Crippen molar-refractivity contribution in [2.45, 2.75) is 33.3 Å². The number of aryl methyl sites for hydroxylation is 2. The van der Waals surface area contributed by atoms with Crippen molar-refractivity contribution in [3.63, 3.8) is 0 Å². The summed E-state index contributed by atoms with van der Waals surface area (Å²) in [5.41, 5.74) is 3.00. The Bertz CT molecular complexity index is 400. The minimum Gasteiger partial charge on any atom is -0.444 e. The van der Waals surface area contributed by atoms with Crippen molar-refractivity contribution in [2.75, 3.05) is 11.4 Å². The van der Waals surface area contributed by atoms with Crippen molar-refractivity contribution < 1.29 is 42.2 Å². The van der Waals surface area contributed by atoms with Gasteiger partial charge in [0.2, 0.25) is 0 Å². The Morgan fingerprint density at radius 3 is 2.47 bits per heavy atom. The van der Waals surface area contributed by atoms with Crippen LogP contribution >= 0.6 is 0 Å². The number of hydrogen-bond donors (Lipinski definition) is 0. The van der Waals surface area contributed by atoms with Gasteiger partial charge in [-0.2, -0.15) is 17.2 Å². The number of ether oxygens (including phenoxy) is 1. The zero-order valence-electron chi connectivity index (χ0n) is 10.5. The van der Waals surface area contributed by atoms with E-state index in [9.17, 15) is 4.79 Å². The SMILES string of the molecule is CCC1CN(c2cc(C)[c-]c(C)c2)C(=O)O1.[Y]. The molecule has 1 radical (unpaired) electrons. The number of nitrogens with zero attached hydrogens (tertiary/aromatic N) is 1. The van der Waals surface area contributed by atoms with E-state index in [2.05, 4.69) is 6.07 Å². The molecule has 0 spiro atoms. The third kappa shape index (κ3) is 3.29. The van der Waals surface area contributed by atoms with Crippen LogP contribution in [0.4, 0.5) is 10.5 Å². The molecule has 2 rings (SSSR count). The second-order valence-corrected chi connectivity index (χ2v) is 4.23. The summed E-state index contributed by atoms with van der Waals surface area (Å²) >= 11 is 0. The molecular weight excluding hydrogens is 291 g/mol. The monoisotopic (exact) mass is 307 g/mol. The molecule has 1 saturated heterocycles. The Kier molecular flexibility index (Phi) is 5.14. The van der Waals surface area contributed by atoms with Crippen LogP contribution in [-0.2, 0) is 37.4 Å². The summed E-state index contributed by atoms with van der Waals surface area (Å²) in [5, 5.41) is 0. The fourth-order valence-electron chi connectivity index (χ4n) is 1.97. The van der Waals surface area contributed by atoms with E-state index in [1.807, 2.05) is 32.9 Å². The van der Waals surface area contributed by atoms with Gasteiger partial charge in [-0.1, -0.05) is 26.5 Å². The minimum absolute atomic E-state index is 0. The van der Waals surface area contributed by atoms with Crippen LogP contribution in [0.1, 0.15) is 24.5 Å². The summed E-state index contributed by atoms with van der Waals surface area (Å²) in [4.78, 5) is 13.4. The molecule has 17 heavy (non-hydrogen) atoms. The van der Waals surface area contributed by atoms with E-state index in [4.69, 9.17) is 4.74 Å². The van der Waals surface area contributed by atoms with E-state index in [1.165, 1.54) is 0 Å². The van der Waals surface area contributed by atoms with Gasteiger partial charge in [-0.3, -0.25) is 4.90 Å². The summed E-state index contributed by atoms with van der Waals surface area (Å²) in [6, 6.07) is 7.12. The van der Waals surface area contributed by atoms with E-state index in [1.54, 1.807) is 4.90 Å². The molecule has 0 N–H and O–H groups in total. The van der Waals surface area contributed by atoms with E-state index >= 15 is 0 Å². The van der Waals surface area contributed by atoms with E-state index in [0.29, 0.717) is 6.54 Å². The van der Waals surface area contributed by atoms with E-state index in [-0.39, 0.29) is 44.9 Å².